The van der Waals surface area contributed by atoms with Crippen molar-refractivity contribution >= 4 is 29.2 Å². The van der Waals surface area contributed by atoms with Gasteiger partial charge in [-0.15, -0.1) is 0 Å². The molecule has 6 heteroatoms. The largest absolute Gasteiger partial charge is 0.461 e. The number of aromatic nitrogens is 1. The molecule has 0 aliphatic carbocycles. The third kappa shape index (κ3) is 4.32. The molecule has 2 atom stereocenters. The molecule has 1 aliphatic rings. The summed E-state index contributed by atoms with van der Waals surface area (Å²) >= 11 is 12.1. The first kappa shape index (κ1) is 17.3. The number of ether oxygens (including phenoxy) is 1. The lowest BCUT2D eigenvalue weighted by Gasteiger charge is -2.12. The Morgan fingerprint density at radius 1 is 1.29 bits per heavy atom. The van der Waals surface area contributed by atoms with Crippen LogP contribution in [0.1, 0.15) is 24.6 Å². The highest BCUT2D eigenvalue weighted by Crippen LogP contribution is 2.20. The number of esters is 1. The molecule has 1 aliphatic heterocycles. The zero-order valence-corrected chi connectivity index (χ0v) is 15.0. The van der Waals surface area contributed by atoms with E-state index in [9.17, 15) is 4.79 Å². The summed E-state index contributed by atoms with van der Waals surface area (Å²) in [5, 5.41) is 4.56. The predicted molar refractivity (Wildman–Crippen MR) is 95.7 cm³/mol. The zero-order chi connectivity index (χ0) is 17.1. The van der Waals surface area contributed by atoms with Crippen LogP contribution in [0.15, 0.2) is 36.5 Å². The van der Waals surface area contributed by atoms with Crippen LogP contribution in [0.25, 0.3) is 0 Å². The molecule has 1 fully saturated rings. The van der Waals surface area contributed by atoms with Gasteiger partial charge < -0.3 is 14.6 Å². The number of cyclic esters (lactones) is 1. The van der Waals surface area contributed by atoms with Gasteiger partial charge in [0, 0.05) is 47.9 Å². The molecule has 3 rings (SSSR count). The molecule has 1 N–H and O–H groups in total. The first-order valence-electron chi connectivity index (χ1n) is 8.04. The van der Waals surface area contributed by atoms with E-state index in [4.69, 9.17) is 27.9 Å². The van der Waals surface area contributed by atoms with Gasteiger partial charge in [0.2, 0.25) is 0 Å². The fourth-order valence-electron chi connectivity index (χ4n) is 3.03. The molecule has 0 saturated carbocycles. The summed E-state index contributed by atoms with van der Waals surface area (Å²) in [7, 11) is 0. The minimum absolute atomic E-state index is 0.00596. The summed E-state index contributed by atoms with van der Waals surface area (Å²) in [5.41, 5.74) is 2.25. The third-order valence-electron chi connectivity index (χ3n) is 4.14. The summed E-state index contributed by atoms with van der Waals surface area (Å²) in [6.45, 7) is 3.36. The second-order valence-corrected chi connectivity index (χ2v) is 7.02. The van der Waals surface area contributed by atoms with Crippen molar-refractivity contribution < 1.29 is 9.53 Å². The minimum atomic E-state index is -0.185. The van der Waals surface area contributed by atoms with Gasteiger partial charge in [0.1, 0.15) is 12.1 Å². The normalized spacial score (nSPS) is 20.4. The van der Waals surface area contributed by atoms with Crippen molar-refractivity contribution in [3.05, 3.63) is 57.8 Å². The van der Waals surface area contributed by atoms with Gasteiger partial charge in [-0.3, -0.25) is 4.79 Å². The van der Waals surface area contributed by atoms with Crippen molar-refractivity contribution in [2.24, 2.45) is 0 Å². The van der Waals surface area contributed by atoms with Crippen LogP contribution >= 0.6 is 23.2 Å². The van der Waals surface area contributed by atoms with E-state index >= 15 is 0 Å². The highest BCUT2D eigenvalue weighted by molar-refractivity contribution is 6.34. The molecule has 0 amide bonds. The van der Waals surface area contributed by atoms with E-state index < -0.39 is 0 Å². The van der Waals surface area contributed by atoms with E-state index in [0.29, 0.717) is 16.6 Å². The molecule has 24 heavy (non-hydrogen) atoms. The number of nitrogens with one attached hydrogen (secondary N) is 1. The number of rotatable bonds is 6. The molecule has 1 aromatic carbocycles. The molecular weight excluding hydrogens is 347 g/mol. The predicted octanol–water partition coefficient (Wildman–Crippen LogP) is 3.68. The van der Waals surface area contributed by atoms with Gasteiger partial charge in [-0.1, -0.05) is 23.2 Å². The second-order valence-electron chi connectivity index (χ2n) is 6.15. The number of halogens is 2. The molecule has 0 spiro atoms. The number of nitrogens with zero attached hydrogens (tertiary/aromatic N) is 1. The third-order valence-corrected chi connectivity index (χ3v) is 4.58. The fourth-order valence-corrected chi connectivity index (χ4v) is 3.60. The van der Waals surface area contributed by atoms with Crippen LogP contribution in [0.2, 0.25) is 10.0 Å². The standard InChI is InChI=1S/C18H20Cl2N2O2/c1-12-7-17(18(23)24-12)21-5-4-16-3-2-6-22(16)11-13-8-14(19)10-15(20)9-13/h2-3,6,8-10,12,17,21H,4-5,7,11H2,1H3/t12?,17-/m0/s1. The lowest BCUT2D eigenvalue weighted by Crippen LogP contribution is -2.34. The zero-order valence-electron chi connectivity index (χ0n) is 13.5. The van der Waals surface area contributed by atoms with Crippen molar-refractivity contribution in [2.75, 3.05) is 6.54 Å². The topological polar surface area (TPSA) is 43.3 Å². The van der Waals surface area contributed by atoms with Crippen LogP contribution in [0.3, 0.4) is 0 Å². The van der Waals surface area contributed by atoms with Crippen LogP contribution in [0, 0.1) is 0 Å². The van der Waals surface area contributed by atoms with Gasteiger partial charge in [0.15, 0.2) is 0 Å². The Labute approximate surface area is 151 Å². The summed E-state index contributed by atoms with van der Waals surface area (Å²) in [5.74, 6) is -0.147. The lowest BCUT2D eigenvalue weighted by molar-refractivity contribution is -0.142. The Balaban J connectivity index is 1.58. The molecule has 4 nitrogen and oxygen atoms in total. The summed E-state index contributed by atoms with van der Waals surface area (Å²) in [6, 6.07) is 9.50. The number of benzene rings is 1. The van der Waals surface area contributed by atoms with Crippen LogP contribution < -0.4 is 5.32 Å². The lowest BCUT2D eigenvalue weighted by atomic mass is 10.2. The first-order chi connectivity index (χ1) is 11.5. The van der Waals surface area contributed by atoms with Crippen LogP contribution in [0.4, 0.5) is 0 Å². The van der Waals surface area contributed by atoms with Gasteiger partial charge >= 0.3 is 5.97 Å². The fraction of sp³-hybridized carbons (Fsp3) is 0.389. The number of carbonyl (C=O) groups excluding carboxylic acids is 1. The van der Waals surface area contributed by atoms with Crippen LogP contribution in [-0.4, -0.2) is 29.2 Å². The van der Waals surface area contributed by atoms with E-state index in [1.807, 2.05) is 31.3 Å². The molecule has 1 saturated heterocycles. The van der Waals surface area contributed by atoms with E-state index in [0.717, 1.165) is 24.9 Å². The van der Waals surface area contributed by atoms with Gasteiger partial charge in [-0.05, 0) is 42.8 Å². The van der Waals surface area contributed by atoms with Crippen molar-refractivity contribution in [3.8, 4) is 0 Å². The Bertz CT molecular complexity index is 709. The van der Waals surface area contributed by atoms with Crippen molar-refractivity contribution in [2.45, 2.75) is 38.5 Å². The molecule has 2 aromatic rings. The van der Waals surface area contributed by atoms with Gasteiger partial charge in [-0.2, -0.15) is 0 Å². The Morgan fingerprint density at radius 3 is 2.71 bits per heavy atom. The molecule has 0 radical (unpaired) electrons. The maximum Gasteiger partial charge on any atom is 0.323 e. The smallest absolute Gasteiger partial charge is 0.323 e. The number of hydrogen-bond donors (Lipinski definition) is 1. The number of hydrogen-bond acceptors (Lipinski definition) is 3. The average molecular weight is 367 g/mol. The van der Waals surface area contributed by atoms with E-state index in [-0.39, 0.29) is 18.1 Å². The monoisotopic (exact) mass is 366 g/mol. The quantitative estimate of drug-likeness (QED) is 0.793. The Morgan fingerprint density at radius 2 is 2.04 bits per heavy atom. The summed E-state index contributed by atoms with van der Waals surface area (Å²) in [4.78, 5) is 11.6. The molecule has 1 unspecified atom stereocenters. The SMILES string of the molecule is CC1C[C@H](NCCc2cccn2Cc2cc(Cl)cc(Cl)c2)C(=O)O1. The maximum atomic E-state index is 11.6. The maximum absolute atomic E-state index is 11.6. The summed E-state index contributed by atoms with van der Waals surface area (Å²) in [6.07, 6.45) is 3.61. The van der Waals surface area contributed by atoms with Gasteiger partial charge in [-0.25, -0.2) is 0 Å². The minimum Gasteiger partial charge on any atom is -0.461 e. The molecule has 1 aromatic heterocycles. The molecule has 2 heterocycles. The average Bonchev–Trinajstić information content (AvgIpc) is 3.05. The number of carbonyl (C=O) groups is 1. The molecular formula is C18H20Cl2N2O2. The molecule has 128 valence electrons. The first-order valence-corrected chi connectivity index (χ1v) is 8.80. The van der Waals surface area contributed by atoms with Crippen LogP contribution in [0.5, 0.6) is 0 Å². The highest BCUT2D eigenvalue weighted by Gasteiger charge is 2.30. The highest BCUT2D eigenvalue weighted by atomic mass is 35.5. The Hall–Kier alpha value is -1.49. The van der Waals surface area contributed by atoms with E-state index in [1.54, 1.807) is 6.07 Å². The van der Waals surface area contributed by atoms with Crippen molar-refractivity contribution in [1.29, 1.82) is 0 Å². The summed E-state index contributed by atoms with van der Waals surface area (Å²) < 4.78 is 7.32. The second kappa shape index (κ2) is 7.60. The Kier molecular flexibility index (Phi) is 5.49. The van der Waals surface area contributed by atoms with E-state index in [2.05, 4.69) is 16.0 Å². The van der Waals surface area contributed by atoms with Crippen molar-refractivity contribution in [1.82, 2.24) is 9.88 Å². The van der Waals surface area contributed by atoms with Gasteiger partial charge in [0.25, 0.3) is 0 Å². The molecule has 0 bridgehead atoms. The van der Waals surface area contributed by atoms with Crippen molar-refractivity contribution in [3.63, 3.8) is 0 Å². The van der Waals surface area contributed by atoms with Gasteiger partial charge in [0.05, 0.1) is 0 Å². The van der Waals surface area contributed by atoms with Crippen LogP contribution in [-0.2, 0) is 22.5 Å². The van der Waals surface area contributed by atoms with E-state index in [1.165, 1.54) is 5.69 Å².